The van der Waals surface area contributed by atoms with E-state index in [2.05, 4.69) is 15.1 Å². The van der Waals surface area contributed by atoms with Crippen molar-refractivity contribution in [2.45, 2.75) is 11.9 Å². The van der Waals surface area contributed by atoms with Gasteiger partial charge in [-0.2, -0.15) is 5.10 Å². The molecule has 0 aliphatic heterocycles. The number of ether oxygens (including phenoxy) is 2. The highest BCUT2D eigenvalue weighted by Crippen LogP contribution is 2.26. The topological polar surface area (TPSA) is 62.1 Å². The average molecular weight is 392 g/mol. The average Bonchev–Trinajstić information content (AvgIpc) is 3.18. The number of thioether (sulfide) groups is 1. The van der Waals surface area contributed by atoms with Gasteiger partial charge < -0.3 is 9.47 Å². The van der Waals surface area contributed by atoms with Gasteiger partial charge in [-0.1, -0.05) is 18.2 Å². The molecule has 0 radical (unpaired) electrons. The molecule has 7 heteroatoms. The van der Waals surface area contributed by atoms with Crippen LogP contribution in [0.5, 0.6) is 11.5 Å². The second-order valence-electron chi connectivity index (χ2n) is 5.91. The largest absolute Gasteiger partial charge is 0.494 e. The van der Waals surface area contributed by atoms with Gasteiger partial charge in [0.15, 0.2) is 5.65 Å². The van der Waals surface area contributed by atoms with E-state index >= 15 is 0 Å². The van der Waals surface area contributed by atoms with Crippen molar-refractivity contribution in [1.82, 2.24) is 19.7 Å². The van der Waals surface area contributed by atoms with Crippen LogP contribution in [0.2, 0.25) is 0 Å². The smallest absolute Gasteiger partial charge is 0.167 e. The van der Waals surface area contributed by atoms with Crippen LogP contribution < -0.4 is 9.47 Å². The van der Waals surface area contributed by atoms with Gasteiger partial charge in [0.2, 0.25) is 0 Å². The third kappa shape index (κ3) is 4.09. The number of hydrogen-bond donors (Lipinski definition) is 0. The van der Waals surface area contributed by atoms with E-state index in [0.29, 0.717) is 13.2 Å². The van der Waals surface area contributed by atoms with Gasteiger partial charge in [-0.05, 0) is 43.3 Å². The molecule has 0 bridgehead atoms. The molecule has 4 aromatic rings. The Morgan fingerprint density at radius 3 is 2.43 bits per heavy atom. The molecule has 0 saturated heterocycles. The molecule has 28 heavy (non-hydrogen) atoms. The first-order valence-corrected chi connectivity index (χ1v) is 10.1. The Morgan fingerprint density at radius 1 is 0.929 bits per heavy atom. The summed E-state index contributed by atoms with van der Waals surface area (Å²) >= 11 is 1.63. The molecule has 2 aromatic carbocycles. The molecule has 0 saturated carbocycles. The lowest BCUT2D eigenvalue weighted by atomic mass is 10.3. The summed E-state index contributed by atoms with van der Waals surface area (Å²) in [5.41, 5.74) is 1.78. The number of hydrogen-bond acceptors (Lipinski definition) is 6. The summed E-state index contributed by atoms with van der Waals surface area (Å²) in [4.78, 5) is 8.83. The van der Waals surface area contributed by atoms with E-state index in [4.69, 9.17) is 9.47 Å². The maximum absolute atomic E-state index is 5.81. The molecule has 2 heterocycles. The van der Waals surface area contributed by atoms with Crippen LogP contribution in [0, 0.1) is 0 Å². The zero-order valence-electron chi connectivity index (χ0n) is 15.5. The fraction of sp³-hybridized carbons (Fsp3) is 0.190. The van der Waals surface area contributed by atoms with E-state index in [1.165, 1.54) is 0 Å². The Hall–Kier alpha value is -3.06. The van der Waals surface area contributed by atoms with Crippen molar-refractivity contribution in [1.29, 1.82) is 0 Å². The van der Waals surface area contributed by atoms with Crippen LogP contribution in [0.3, 0.4) is 0 Å². The van der Waals surface area contributed by atoms with Crippen molar-refractivity contribution in [3.05, 3.63) is 67.1 Å². The van der Waals surface area contributed by atoms with Crippen molar-refractivity contribution < 1.29 is 9.47 Å². The molecule has 0 amide bonds. The normalized spacial score (nSPS) is 10.9. The lowest BCUT2D eigenvalue weighted by Gasteiger charge is -2.08. The molecule has 4 rings (SSSR count). The van der Waals surface area contributed by atoms with E-state index in [1.807, 2.05) is 72.4 Å². The van der Waals surface area contributed by atoms with E-state index in [9.17, 15) is 0 Å². The lowest BCUT2D eigenvalue weighted by Crippen LogP contribution is -2.01. The summed E-state index contributed by atoms with van der Waals surface area (Å²) in [7, 11) is 0. The molecule has 0 fully saturated rings. The first kappa shape index (κ1) is 18.3. The van der Waals surface area contributed by atoms with E-state index in [1.54, 1.807) is 18.1 Å². The van der Waals surface area contributed by atoms with Crippen molar-refractivity contribution in [3.63, 3.8) is 0 Å². The number of nitrogens with zero attached hydrogens (tertiary/aromatic N) is 4. The molecule has 0 atom stereocenters. The first-order chi connectivity index (χ1) is 13.8. The molecule has 2 aromatic heterocycles. The minimum atomic E-state index is 0.580. The van der Waals surface area contributed by atoms with Gasteiger partial charge in [0.1, 0.15) is 22.9 Å². The van der Waals surface area contributed by atoms with Crippen molar-refractivity contribution in [3.8, 4) is 17.2 Å². The molecule has 0 N–H and O–H groups in total. The van der Waals surface area contributed by atoms with Gasteiger partial charge in [0, 0.05) is 5.75 Å². The van der Waals surface area contributed by atoms with E-state index in [0.717, 1.165) is 39.0 Å². The van der Waals surface area contributed by atoms with Crippen LogP contribution in [0.1, 0.15) is 6.92 Å². The minimum Gasteiger partial charge on any atom is -0.494 e. The van der Waals surface area contributed by atoms with Gasteiger partial charge in [0.25, 0.3) is 0 Å². The van der Waals surface area contributed by atoms with Crippen LogP contribution in [-0.4, -0.2) is 38.7 Å². The maximum atomic E-state index is 5.81. The van der Waals surface area contributed by atoms with E-state index in [-0.39, 0.29) is 0 Å². The third-order valence-corrected chi connectivity index (χ3v) is 5.03. The molecular weight excluding hydrogens is 372 g/mol. The lowest BCUT2D eigenvalue weighted by molar-refractivity contribution is 0.332. The summed E-state index contributed by atoms with van der Waals surface area (Å²) < 4.78 is 13.1. The van der Waals surface area contributed by atoms with Crippen LogP contribution in [0.4, 0.5) is 0 Å². The molecule has 0 unspecified atom stereocenters. The molecule has 0 aliphatic carbocycles. The van der Waals surface area contributed by atoms with Gasteiger partial charge in [-0.25, -0.2) is 14.6 Å². The number of benzene rings is 2. The van der Waals surface area contributed by atoms with Crippen molar-refractivity contribution >= 4 is 22.8 Å². The van der Waals surface area contributed by atoms with Crippen molar-refractivity contribution in [2.24, 2.45) is 0 Å². The van der Waals surface area contributed by atoms with Crippen molar-refractivity contribution in [2.75, 3.05) is 19.0 Å². The maximum Gasteiger partial charge on any atom is 0.167 e. The Kier molecular flexibility index (Phi) is 5.72. The summed E-state index contributed by atoms with van der Waals surface area (Å²) in [6.07, 6.45) is 3.40. The van der Waals surface area contributed by atoms with Crippen LogP contribution in [0.25, 0.3) is 16.7 Å². The predicted octanol–water partition coefficient (Wildman–Crippen LogP) is 4.39. The quantitative estimate of drug-likeness (QED) is 0.252. The number of para-hydroxylation sites is 1. The van der Waals surface area contributed by atoms with Gasteiger partial charge >= 0.3 is 0 Å². The second kappa shape index (κ2) is 8.75. The monoisotopic (exact) mass is 392 g/mol. The fourth-order valence-electron chi connectivity index (χ4n) is 2.79. The fourth-order valence-corrected chi connectivity index (χ4v) is 3.57. The Labute approximate surface area is 167 Å². The molecule has 0 aliphatic rings. The van der Waals surface area contributed by atoms with E-state index < -0.39 is 0 Å². The Balaban J connectivity index is 1.39. The van der Waals surface area contributed by atoms with Crippen LogP contribution >= 0.6 is 11.8 Å². The molecular formula is C21H20N4O2S. The molecule has 0 spiro atoms. The number of fused-ring (bicyclic) bond motifs is 1. The highest BCUT2D eigenvalue weighted by molar-refractivity contribution is 7.99. The summed E-state index contributed by atoms with van der Waals surface area (Å²) in [6.45, 7) is 3.21. The van der Waals surface area contributed by atoms with Gasteiger partial charge in [-0.3, -0.25) is 0 Å². The summed E-state index contributed by atoms with van der Waals surface area (Å²) in [5, 5.41) is 6.33. The number of aromatic nitrogens is 4. The second-order valence-corrected chi connectivity index (χ2v) is 6.99. The van der Waals surface area contributed by atoms with Crippen LogP contribution in [0.15, 0.2) is 72.1 Å². The SMILES string of the molecule is CCOc1ccc(OCCSc2ncnc3c2cnn3-c2ccccc2)cc1. The third-order valence-electron chi connectivity index (χ3n) is 4.06. The summed E-state index contributed by atoms with van der Waals surface area (Å²) in [6, 6.07) is 17.6. The summed E-state index contributed by atoms with van der Waals surface area (Å²) in [5.74, 6) is 2.45. The highest BCUT2D eigenvalue weighted by atomic mass is 32.2. The highest BCUT2D eigenvalue weighted by Gasteiger charge is 2.11. The Morgan fingerprint density at radius 2 is 1.68 bits per heavy atom. The molecule has 142 valence electrons. The van der Waals surface area contributed by atoms with Crippen LogP contribution in [-0.2, 0) is 0 Å². The predicted molar refractivity (Wildman–Crippen MR) is 110 cm³/mol. The first-order valence-electron chi connectivity index (χ1n) is 9.08. The number of rotatable bonds is 8. The zero-order chi connectivity index (χ0) is 19.2. The molecule has 6 nitrogen and oxygen atoms in total. The zero-order valence-corrected chi connectivity index (χ0v) is 16.3. The van der Waals surface area contributed by atoms with Gasteiger partial charge in [-0.15, -0.1) is 11.8 Å². The van der Waals surface area contributed by atoms with Gasteiger partial charge in [0.05, 0.1) is 30.5 Å². The minimum absolute atomic E-state index is 0.580. The Bertz CT molecular complexity index is 1040. The standard InChI is InChI=1S/C21H20N4O2S/c1-2-26-17-8-10-18(11-9-17)27-12-13-28-21-19-14-24-25(20(19)22-15-23-21)16-6-4-3-5-7-16/h3-11,14-15H,2,12-13H2,1H3.